The summed E-state index contributed by atoms with van der Waals surface area (Å²) in [5, 5.41) is 3.63. The highest BCUT2D eigenvalue weighted by Gasteiger charge is 2.63. The van der Waals surface area contributed by atoms with Crippen LogP contribution < -0.4 is 20.7 Å². The smallest absolute Gasteiger partial charge is 0.261 e. The van der Waals surface area contributed by atoms with Gasteiger partial charge in [0.1, 0.15) is 5.75 Å². The molecule has 0 fully saturated rings. The first kappa shape index (κ1) is 26.0. The summed E-state index contributed by atoms with van der Waals surface area (Å²) in [5.41, 5.74) is 7.51. The number of nitrogens with one attached hydrogen (secondary N) is 1. The standard InChI is InChI=1S/C30H24Cl2N4O4/c1-15(2)26-25-19(14-35(26)22-6-4-5-7-24(22)40-3)28(38)36(23-13-17(32)8-10-18(23)27(33)37)30(25)20-11-9-16(31)12-21(20)34-29(30)39/h4-15H,1-3H3,(H2,33,37)(H,34,39). The summed E-state index contributed by atoms with van der Waals surface area (Å²) in [4.78, 5) is 42.8. The molecule has 3 heterocycles. The van der Waals surface area contributed by atoms with Crippen LogP contribution in [0.3, 0.4) is 0 Å². The number of para-hydroxylation sites is 2. The number of carbonyl (C=O) groups excluding carboxylic acids is 3. The Bertz CT molecular complexity index is 1760. The number of nitrogens with zero attached hydrogens (tertiary/aromatic N) is 2. The number of fused-ring (bicyclic) bond motifs is 4. The van der Waals surface area contributed by atoms with Crippen molar-refractivity contribution in [2.45, 2.75) is 25.3 Å². The van der Waals surface area contributed by atoms with Gasteiger partial charge in [0.15, 0.2) is 5.54 Å². The van der Waals surface area contributed by atoms with E-state index < -0.39 is 23.3 Å². The summed E-state index contributed by atoms with van der Waals surface area (Å²) < 4.78 is 7.54. The lowest BCUT2D eigenvalue weighted by Gasteiger charge is -2.36. The highest BCUT2D eigenvalue weighted by molar-refractivity contribution is 6.33. The minimum absolute atomic E-state index is 0.0567. The third-order valence-electron chi connectivity index (χ3n) is 7.48. The van der Waals surface area contributed by atoms with E-state index in [-0.39, 0.29) is 22.2 Å². The second kappa shape index (κ2) is 9.15. The van der Waals surface area contributed by atoms with Crippen LogP contribution in [0, 0.1) is 0 Å². The van der Waals surface area contributed by atoms with Crippen molar-refractivity contribution < 1.29 is 19.1 Å². The number of halogens is 2. The predicted octanol–water partition coefficient (Wildman–Crippen LogP) is 5.87. The number of benzene rings is 3. The van der Waals surface area contributed by atoms with Crippen LogP contribution >= 0.6 is 23.2 Å². The highest BCUT2D eigenvalue weighted by Crippen LogP contribution is 2.56. The van der Waals surface area contributed by atoms with Crippen LogP contribution in [0.5, 0.6) is 5.75 Å². The van der Waals surface area contributed by atoms with E-state index in [2.05, 4.69) is 5.32 Å². The van der Waals surface area contributed by atoms with Crippen LogP contribution in [-0.4, -0.2) is 29.4 Å². The molecule has 0 bridgehead atoms. The summed E-state index contributed by atoms with van der Waals surface area (Å²) >= 11 is 12.7. The van der Waals surface area contributed by atoms with Crippen LogP contribution in [0.25, 0.3) is 5.69 Å². The Kier molecular flexibility index (Phi) is 5.94. The molecule has 1 atom stereocenters. The number of ether oxygens (including phenoxy) is 1. The SMILES string of the molecule is COc1ccccc1-n1cc2c(c1C(C)C)C1(C(=O)Nc3cc(Cl)ccc31)N(c1cc(Cl)ccc1C(N)=O)C2=O. The average molecular weight is 575 g/mol. The quantitative estimate of drug-likeness (QED) is 0.310. The molecular formula is C30H24Cl2N4O4. The molecule has 2 aliphatic heterocycles. The second-order valence-corrected chi connectivity index (χ2v) is 10.9. The van der Waals surface area contributed by atoms with Crippen LogP contribution in [0.15, 0.2) is 66.9 Å². The van der Waals surface area contributed by atoms with Gasteiger partial charge in [0.05, 0.1) is 29.6 Å². The molecule has 8 nitrogen and oxygen atoms in total. The van der Waals surface area contributed by atoms with Crippen molar-refractivity contribution in [2.75, 3.05) is 17.3 Å². The fraction of sp³-hybridized carbons (Fsp3) is 0.167. The van der Waals surface area contributed by atoms with E-state index in [0.29, 0.717) is 38.8 Å². The largest absolute Gasteiger partial charge is 0.495 e. The summed E-state index contributed by atoms with van der Waals surface area (Å²) in [6, 6.07) is 17.0. The summed E-state index contributed by atoms with van der Waals surface area (Å²) in [7, 11) is 1.58. The van der Waals surface area contributed by atoms with E-state index in [1.807, 2.05) is 42.7 Å². The van der Waals surface area contributed by atoms with Gasteiger partial charge in [-0.1, -0.05) is 55.2 Å². The van der Waals surface area contributed by atoms with Crippen molar-refractivity contribution in [3.63, 3.8) is 0 Å². The van der Waals surface area contributed by atoms with Crippen LogP contribution in [0.4, 0.5) is 11.4 Å². The number of hydrogen-bond acceptors (Lipinski definition) is 4. The molecule has 4 aromatic rings. The Morgan fingerprint density at radius 3 is 2.40 bits per heavy atom. The van der Waals surface area contributed by atoms with Crippen molar-refractivity contribution in [2.24, 2.45) is 5.73 Å². The Hall–Kier alpha value is -4.27. The average Bonchev–Trinajstić information content (AvgIpc) is 3.52. The van der Waals surface area contributed by atoms with Crippen molar-refractivity contribution in [1.29, 1.82) is 0 Å². The molecule has 10 heteroatoms. The van der Waals surface area contributed by atoms with Crippen molar-refractivity contribution in [3.05, 3.63) is 105 Å². The van der Waals surface area contributed by atoms with Gasteiger partial charge in [-0.3, -0.25) is 19.3 Å². The topological polar surface area (TPSA) is 107 Å². The number of carbonyl (C=O) groups is 3. The fourth-order valence-electron chi connectivity index (χ4n) is 5.97. The number of methoxy groups -OCH3 is 1. The maximum atomic E-state index is 14.5. The third-order valence-corrected chi connectivity index (χ3v) is 7.95. The van der Waals surface area contributed by atoms with Crippen molar-refractivity contribution in [1.82, 2.24) is 4.57 Å². The number of amides is 3. The molecule has 3 aromatic carbocycles. The van der Waals surface area contributed by atoms with Gasteiger partial charge in [0.2, 0.25) is 0 Å². The molecule has 0 saturated heterocycles. The van der Waals surface area contributed by atoms with Crippen LogP contribution in [0.1, 0.15) is 57.3 Å². The zero-order valence-corrected chi connectivity index (χ0v) is 23.3. The Morgan fingerprint density at radius 2 is 1.70 bits per heavy atom. The van der Waals surface area contributed by atoms with E-state index in [1.54, 1.807) is 31.5 Å². The Balaban J connectivity index is 1.76. The molecule has 3 N–H and O–H groups in total. The van der Waals surface area contributed by atoms with Gasteiger partial charge in [-0.05, 0) is 48.4 Å². The minimum atomic E-state index is -1.67. The maximum absolute atomic E-state index is 14.5. The lowest BCUT2D eigenvalue weighted by Crippen LogP contribution is -2.51. The monoisotopic (exact) mass is 574 g/mol. The zero-order chi connectivity index (χ0) is 28.5. The van der Waals surface area contributed by atoms with Gasteiger partial charge in [-0.25, -0.2) is 0 Å². The first-order valence-corrected chi connectivity index (χ1v) is 13.3. The van der Waals surface area contributed by atoms with Gasteiger partial charge in [0.25, 0.3) is 17.7 Å². The summed E-state index contributed by atoms with van der Waals surface area (Å²) in [6.07, 6.45) is 1.72. The number of hydrogen-bond donors (Lipinski definition) is 2. The second-order valence-electron chi connectivity index (χ2n) is 10.0. The molecule has 2 aliphatic rings. The van der Waals surface area contributed by atoms with Gasteiger partial charge < -0.3 is 20.4 Å². The van der Waals surface area contributed by atoms with Gasteiger partial charge in [-0.2, -0.15) is 0 Å². The van der Waals surface area contributed by atoms with E-state index >= 15 is 0 Å². The summed E-state index contributed by atoms with van der Waals surface area (Å²) in [6.45, 7) is 3.98. The van der Waals surface area contributed by atoms with Crippen LogP contribution in [-0.2, 0) is 10.3 Å². The molecule has 202 valence electrons. The molecule has 0 aliphatic carbocycles. The third kappa shape index (κ3) is 3.42. The molecule has 6 rings (SSSR count). The fourth-order valence-corrected chi connectivity index (χ4v) is 6.31. The molecule has 1 spiro atoms. The zero-order valence-electron chi connectivity index (χ0n) is 21.8. The number of rotatable bonds is 5. The molecule has 1 aromatic heterocycles. The normalized spacial score (nSPS) is 17.4. The predicted molar refractivity (Wildman–Crippen MR) is 154 cm³/mol. The molecular weight excluding hydrogens is 551 g/mol. The van der Waals surface area contributed by atoms with E-state index in [4.69, 9.17) is 33.7 Å². The molecule has 0 radical (unpaired) electrons. The molecule has 3 amide bonds. The van der Waals surface area contributed by atoms with Gasteiger partial charge in [-0.15, -0.1) is 0 Å². The maximum Gasteiger partial charge on any atom is 0.261 e. The first-order chi connectivity index (χ1) is 19.1. The Labute approximate surface area is 240 Å². The molecule has 1 unspecified atom stereocenters. The van der Waals surface area contributed by atoms with E-state index in [0.717, 1.165) is 5.69 Å². The highest BCUT2D eigenvalue weighted by atomic mass is 35.5. The number of primary amides is 1. The van der Waals surface area contributed by atoms with Crippen LogP contribution in [0.2, 0.25) is 10.0 Å². The van der Waals surface area contributed by atoms with E-state index in [1.165, 1.54) is 23.1 Å². The van der Waals surface area contributed by atoms with Crippen molar-refractivity contribution >= 4 is 52.3 Å². The summed E-state index contributed by atoms with van der Waals surface area (Å²) in [5.74, 6) is -1.24. The lowest BCUT2D eigenvalue weighted by atomic mass is 9.81. The number of nitrogens with two attached hydrogens (primary N) is 1. The molecule has 40 heavy (non-hydrogen) atoms. The first-order valence-electron chi connectivity index (χ1n) is 12.6. The van der Waals surface area contributed by atoms with Crippen molar-refractivity contribution in [3.8, 4) is 11.4 Å². The van der Waals surface area contributed by atoms with Gasteiger partial charge >= 0.3 is 0 Å². The minimum Gasteiger partial charge on any atom is -0.495 e. The lowest BCUT2D eigenvalue weighted by molar-refractivity contribution is -0.119. The number of aromatic nitrogens is 1. The van der Waals surface area contributed by atoms with E-state index in [9.17, 15) is 14.4 Å². The van der Waals surface area contributed by atoms with Gasteiger partial charge in [0, 0.05) is 38.8 Å². The molecule has 0 saturated carbocycles. The number of anilines is 2. The Morgan fingerprint density at radius 1 is 1.00 bits per heavy atom.